The molecule has 2 heteroatoms. The molecule has 1 aromatic carbocycles. The monoisotopic (exact) mass is 254 g/mol. The first-order valence-corrected chi connectivity index (χ1v) is 8.16. The van der Waals surface area contributed by atoms with Crippen molar-refractivity contribution < 1.29 is 0 Å². The largest absolute Gasteiger partial charge is 0.0855 e. The minimum absolute atomic E-state index is 0.610. The van der Waals surface area contributed by atoms with Crippen LogP contribution in [0.25, 0.3) is 0 Å². The normalized spacial score (nSPS) is 13.4. The zero-order chi connectivity index (χ0) is 12.1. The van der Waals surface area contributed by atoms with Gasteiger partial charge in [-0.05, 0) is 23.5 Å². The summed E-state index contributed by atoms with van der Waals surface area (Å²) in [7, 11) is 3.91. The number of hydrogen-bond donors (Lipinski definition) is 0. The molecular formula is C14H22S2. The van der Waals surface area contributed by atoms with Gasteiger partial charge >= 0.3 is 0 Å². The zero-order valence-electron chi connectivity index (χ0n) is 10.9. The quantitative estimate of drug-likeness (QED) is 0.628. The molecule has 1 unspecified atom stereocenters. The summed E-state index contributed by atoms with van der Waals surface area (Å²) in [6.07, 6.45) is 0. The van der Waals surface area contributed by atoms with Crippen molar-refractivity contribution in [3.05, 3.63) is 29.8 Å². The number of hydrogen-bond acceptors (Lipinski definition) is 2. The highest BCUT2D eigenvalue weighted by atomic mass is 33.1. The van der Waals surface area contributed by atoms with Crippen LogP contribution in [0, 0.1) is 5.92 Å². The van der Waals surface area contributed by atoms with Crippen LogP contribution in [-0.4, -0.2) is 5.25 Å². The summed E-state index contributed by atoms with van der Waals surface area (Å²) in [6, 6.07) is 8.75. The summed E-state index contributed by atoms with van der Waals surface area (Å²) in [5, 5.41) is 0.699. The smallest absolute Gasteiger partial charge is 0.0217 e. The molecule has 1 rings (SSSR count). The Bertz CT molecular complexity index is 318. The van der Waals surface area contributed by atoms with E-state index in [2.05, 4.69) is 58.9 Å². The van der Waals surface area contributed by atoms with Gasteiger partial charge in [0.15, 0.2) is 0 Å². The molecule has 0 amide bonds. The third kappa shape index (κ3) is 4.06. The van der Waals surface area contributed by atoms with Gasteiger partial charge in [0.05, 0.1) is 0 Å². The molecular weight excluding hydrogens is 232 g/mol. The molecule has 0 radical (unpaired) electrons. The van der Waals surface area contributed by atoms with Gasteiger partial charge in [0, 0.05) is 10.1 Å². The molecule has 1 atom stereocenters. The molecule has 0 aliphatic heterocycles. The Balaban J connectivity index is 2.66. The van der Waals surface area contributed by atoms with Crippen LogP contribution in [0.3, 0.4) is 0 Å². The van der Waals surface area contributed by atoms with Gasteiger partial charge in [0.25, 0.3) is 0 Å². The maximum Gasteiger partial charge on any atom is 0.0217 e. The maximum atomic E-state index is 2.31. The average Bonchev–Trinajstić information content (AvgIpc) is 2.25. The van der Waals surface area contributed by atoms with Crippen LogP contribution >= 0.6 is 21.6 Å². The first-order chi connectivity index (χ1) is 7.52. The fraction of sp³-hybridized carbons (Fsp3) is 0.571. The standard InChI is InChI=1S/C14H22S2/c1-10(2)12(5)15-16-14-9-7-6-8-13(14)11(3)4/h6-12H,1-5H3. The summed E-state index contributed by atoms with van der Waals surface area (Å²) in [4.78, 5) is 1.43. The second kappa shape index (κ2) is 6.61. The predicted octanol–water partition coefficient (Wildman–Crippen LogP) is 5.59. The highest BCUT2D eigenvalue weighted by Gasteiger charge is 2.11. The summed E-state index contributed by atoms with van der Waals surface area (Å²) >= 11 is 0. The van der Waals surface area contributed by atoms with E-state index in [0.717, 1.165) is 5.92 Å². The van der Waals surface area contributed by atoms with Crippen LogP contribution < -0.4 is 0 Å². The molecule has 1 aromatic rings. The molecule has 0 aliphatic rings. The summed E-state index contributed by atoms with van der Waals surface area (Å²) in [5.41, 5.74) is 1.47. The molecule has 0 saturated carbocycles. The van der Waals surface area contributed by atoms with Gasteiger partial charge in [-0.3, -0.25) is 0 Å². The van der Waals surface area contributed by atoms with Crippen molar-refractivity contribution in [3.8, 4) is 0 Å². The summed E-state index contributed by atoms with van der Waals surface area (Å²) in [6.45, 7) is 11.4. The lowest BCUT2D eigenvalue weighted by Gasteiger charge is -2.16. The summed E-state index contributed by atoms with van der Waals surface area (Å²) < 4.78 is 0. The lowest BCUT2D eigenvalue weighted by molar-refractivity contribution is 0.645. The van der Waals surface area contributed by atoms with E-state index in [1.807, 2.05) is 21.6 Å². The molecule has 0 spiro atoms. The average molecular weight is 254 g/mol. The van der Waals surface area contributed by atoms with Crippen LogP contribution in [0.1, 0.15) is 46.1 Å². The third-order valence-electron chi connectivity index (χ3n) is 2.77. The fourth-order valence-electron chi connectivity index (χ4n) is 1.27. The Morgan fingerprint density at radius 1 is 0.938 bits per heavy atom. The lowest BCUT2D eigenvalue weighted by Crippen LogP contribution is -2.03. The van der Waals surface area contributed by atoms with E-state index in [0.29, 0.717) is 11.2 Å². The zero-order valence-corrected chi connectivity index (χ0v) is 12.5. The topological polar surface area (TPSA) is 0 Å². The van der Waals surface area contributed by atoms with Gasteiger partial charge < -0.3 is 0 Å². The predicted molar refractivity (Wildman–Crippen MR) is 78.3 cm³/mol. The Kier molecular flexibility index (Phi) is 5.77. The third-order valence-corrected chi connectivity index (χ3v) is 6.00. The van der Waals surface area contributed by atoms with Gasteiger partial charge in [-0.2, -0.15) is 0 Å². The molecule has 0 N–H and O–H groups in total. The first-order valence-electron chi connectivity index (χ1n) is 5.94. The van der Waals surface area contributed by atoms with Gasteiger partial charge in [-0.1, -0.05) is 74.4 Å². The molecule has 90 valence electrons. The van der Waals surface area contributed by atoms with Crippen molar-refractivity contribution >= 4 is 21.6 Å². The van der Waals surface area contributed by atoms with Gasteiger partial charge in [0.1, 0.15) is 0 Å². The van der Waals surface area contributed by atoms with Crippen molar-refractivity contribution in [2.45, 2.75) is 50.7 Å². The highest BCUT2D eigenvalue weighted by Crippen LogP contribution is 2.40. The van der Waals surface area contributed by atoms with E-state index in [1.165, 1.54) is 10.5 Å². The van der Waals surface area contributed by atoms with E-state index in [-0.39, 0.29) is 0 Å². The fourth-order valence-corrected chi connectivity index (χ4v) is 4.17. The first kappa shape index (κ1) is 14.0. The molecule has 0 nitrogen and oxygen atoms in total. The molecule has 16 heavy (non-hydrogen) atoms. The molecule has 0 aliphatic carbocycles. The van der Waals surface area contributed by atoms with Crippen LogP contribution in [0.4, 0.5) is 0 Å². The summed E-state index contributed by atoms with van der Waals surface area (Å²) in [5.74, 6) is 1.35. The lowest BCUT2D eigenvalue weighted by atomic mass is 10.0. The molecule has 0 fully saturated rings. The van der Waals surface area contributed by atoms with Crippen molar-refractivity contribution in [1.82, 2.24) is 0 Å². The number of rotatable bonds is 5. The SMILES string of the molecule is CC(C)c1ccccc1SSC(C)C(C)C. The van der Waals surface area contributed by atoms with Crippen LogP contribution in [0.5, 0.6) is 0 Å². The number of benzene rings is 1. The Labute approximate surface area is 108 Å². The van der Waals surface area contributed by atoms with Crippen molar-refractivity contribution in [3.63, 3.8) is 0 Å². The van der Waals surface area contributed by atoms with E-state index in [4.69, 9.17) is 0 Å². The highest BCUT2D eigenvalue weighted by molar-refractivity contribution is 8.77. The van der Waals surface area contributed by atoms with Crippen molar-refractivity contribution in [2.24, 2.45) is 5.92 Å². The van der Waals surface area contributed by atoms with E-state index in [9.17, 15) is 0 Å². The van der Waals surface area contributed by atoms with Crippen LogP contribution in [0.2, 0.25) is 0 Å². The van der Waals surface area contributed by atoms with Crippen LogP contribution in [-0.2, 0) is 0 Å². The van der Waals surface area contributed by atoms with Crippen molar-refractivity contribution in [1.29, 1.82) is 0 Å². The molecule has 0 heterocycles. The Hall–Kier alpha value is -0.0800. The van der Waals surface area contributed by atoms with Gasteiger partial charge in [-0.15, -0.1) is 0 Å². The molecule has 0 aromatic heterocycles. The Morgan fingerprint density at radius 2 is 1.56 bits per heavy atom. The van der Waals surface area contributed by atoms with Crippen molar-refractivity contribution in [2.75, 3.05) is 0 Å². The Morgan fingerprint density at radius 3 is 2.12 bits per heavy atom. The second-order valence-corrected chi connectivity index (χ2v) is 7.44. The van der Waals surface area contributed by atoms with Gasteiger partial charge in [-0.25, -0.2) is 0 Å². The van der Waals surface area contributed by atoms with Crippen LogP contribution in [0.15, 0.2) is 29.2 Å². The van der Waals surface area contributed by atoms with Gasteiger partial charge in [0.2, 0.25) is 0 Å². The van der Waals surface area contributed by atoms with E-state index in [1.54, 1.807) is 0 Å². The van der Waals surface area contributed by atoms with E-state index >= 15 is 0 Å². The van der Waals surface area contributed by atoms with E-state index < -0.39 is 0 Å². The minimum Gasteiger partial charge on any atom is -0.0855 e. The molecule has 0 bridgehead atoms. The maximum absolute atomic E-state index is 2.31. The minimum atomic E-state index is 0.610. The second-order valence-electron chi connectivity index (χ2n) is 4.82. The molecule has 0 saturated heterocycles.